The maximum Gasteiger partial charge on any atom is 0.200 e. The van der Waals surface area contributed by atoms with E-state index in [9.17, 15) is 18.7 Å². The Morgan fingerprint density at radius 3 is 1.64 bits per heavy atom. The zero-order chi connectivity index (χ0) is 35.1. The number of aliphatic hydroxyl groups excluding tert-OH is 1. The topological polar surface area (TPSA) is 150 Å². The van der Waals surface area contributed by atoms with Gasteiger partial charge in [-0.25, -0.2) is 28.1 Å². The van der Waals surface area contributed by atoms with Crippen molar-refractivity contribution in [2.75, 3.05) is 0 Å². The highest BCUT2D eigenvalue weighted by molar-refractivity contribution is 5.93. The van der Waals surface area contributed by atoms with Crippen LogP contribution < -0.4 is 0 Å². The summed E-state index contributed by atoms with van der Waals surface area (Å²) in [5.74, 6) is 0.812. The lowest BCUT2D eigenvalue weighted by molar-refractivity contribution is 0.112. The number of pyridine rings is 2. The summed E-state index contributed by atoms with van der Waals surface area (Å²) in [6.45, 7) is 9.19. The van der Waals surface area contributed by atoms with Gasteiger partial charge in [-0.3, -0.25) is 4.79 Å². The summed E-state index contributed by atoms with van der Waals surface area (Å²) in [4.78, 5) is 21.5. The van der Waals surface area contributed by atoms with Gasteiger partial charge in [-0.15, -0.1) is 10.2 Å². The molecule has 6 aromatic rings. The van der Waals surface area contributed by atoms with Crippen molar-refractivity contribution in [3.63, 3.8) is 0 Å². The molecule has 0 amide bonds. The first kappa shape index (κ1) is 32.9. The first-order valence-corrected chi connectivity index (χ1v) is 16.4. The van der Waals surface area contributed by atoms with Crippen LogP contribution in [0.5, 0.6) is 0 Å². The van der Waals surface area contributed by atoms with Crippen LogP contribution in [0.1, 0.15) is 78.0 Å². The summed E-state index contributed by atoms with van der Waals surface area (Å²) < 4.78 is 30.2. The Labute approximate surface area is 286 Å². The van der Waals surface area contributed by atoms with Crippen LogP contribution in [0.2, 0.25) is 0 Å². The predicted molar refractivity (Wildman–Crippen MR) is 180 cm³/mol. The van der Waals surface area contributed by atoms with Crippen LogP contribution in [0.25, 0.3) is 45.3 Å². The number of aryl methyl sites for hydroxylation is 2. The number of benzene rings is 2. The summed E-state index contributed by atoms with van der Waals surface area (Å²) in [6, 6.07) is 12.5. The number of rotatable bonds is 6. The summed E-state index contributed by atoms with van der Waals surface area (Å²) in [5.41, 5.74) is 9.63. The quantitative estimate of drug-likeness (QED) is 0.216. The van der Waals surface area contributed by atoms with E-state index in [4.69, 9.17) is 9.97 Å². The molecule has 50 heavy (non-hydrogen) atoms. The third-order valence-corrected chi connectivity index (χ3v) is 9.07. The van der Waals surface area contributed by atoms with Crippen molar-refractivity contribution in [1.82, 2.24) is 50.4 Å². The predicted octanol–water partition coefficient (Wildman–Crippen LogP) is 5.75. The molecule has 4 aromatic heterocycles. The number of hydrogen-bond acceptors (Lipinski definition) is 10. The molecule has 254 valence electrons. The normalized spacial score (nSPS) is 12.9. The van der Waals surface area contributed by atoms with E-state index in [1.54, 1.807) is 33.6 Å². The number of fused-ring (bicyclic) bond motifs is 6. The van der Waals surface area contributed by atoms with Gasteiger partial charge >= 0.3 is 0 Å². The van der Waals surface area contributed by atoms with Crippen LogP contribution >= 0.6 is 0 Å². The van der Waals surface area contributed by atoms with Gasteiger partial charge in [-0.2, -0.15) is 0 Å². The van der Waals surface area contributed by atoms with Gasteiger partial charge in [0.15, 0.2) is 6.29 Å². The number of hydrogen-bond donors (Lipinski definition) is 1. The minimum Gasteiger partial charge on any atom is -0.392 e. The van der Waals surface area contributed by atoms with Crippen molar-refractivity contribution in [2.45, 2.75) is 72.1 Å². The molecule has 2 aliphatic rings. The SMILES string of the molecule is CC(C)c1nc2c(c(-c3ccc(F)cc3)c1C=O)CCn1nnnc1-2.CC(C)c1nc2c(c(-c3ccc(F)cc3)c1CO)CCn1nnnc1-2. The minimum absolute atomic E-state index is 0.0518. The van der Waals surface area contributed by atoms with E-state index in [1.807, 2.05) is 27.7 Å². The van der Waals surface area contributed by atoms with Gasteiger partial charge in [0.2, 0.25) is 11.6 Å². The molecule has 0 spiro atoms. The number of carbonyl (C=O) groups is 1. The maximum absolute atomic E-state index is 13.4. The van der Waals surface area contributed by atoms with Crippen LogP contribution in [0.3, 0.4) is 0 Å². The molecule has 12 nitrogen and oxygen atoms in total. The molecule has 2 aromatic carbocycles. The molecular weight excluding hydrogens is 642 g/mol. The summed E-state index contributed by atoms with van der Waals surface area (Å²) in [6.07, 6.45) is 2.21. The van der Waals surface area contributed by atoms with Gasteiger partial charge in [-0.05, 0) is 103 Å². The molecule has 0 aliphatic carbocycles. The molecule has 6 heterocycles. The summed E-state index contributed by atoms with van der Waals surface area (Å²) in [5, 5.41) is 33.8. The fraction of sp³-hybridized carbons (Fsp3) is 0.306. The van der Waals surface area contributed by atoms with E-state index in [1.165, 1.54) is 24.3 Å². The fourth-order valence-electron chi connectivity index (χ4n) is 6.79. The molecule has 0 atom stereocenters. The molecule has 0 radical (unpaired) electrons. The van der Waals surface area contributed by atoms with Gasteiger partial charge in [0, 0.05) is 29.9 Å². The number of nitrogens with zero attached hydrogens (tertiary/aromatic N) is 10. The maximum atomic E-state index is 13.4. The zero-order valence-electron chi connectivity index (χ0n) is 28.0. The van der Waals surface area contributed by atoms with Crippen molar-refractivity contribution in [2.24, 2.45) is 0 Å². The number of aldehydes is 1. The lowest BCUT2D eigenvalue weighted by Gasteiger charge is -2.24. The molecule has 0 unspecified atom stereocenters. The van der Waals surface area contributed by atoms with Crippen LogP contribution in [0, 0.1) is 11.6 Å². The number of tetrazole rings is 2. The van der Waals surface area contributed by atoms with Crippen molar-refractivity contribution >= 4 is 6.29 Å². The fourth-order valence-corrected chi connectivity index (χ4v) is 6.79. The van der Waals surface area contributed by atoms with Crippen molar-refractivity contribution in [1.29, 1.82) is 0 Å². The number of carbonyl (C=O) groups excluding carboxylic acids is 1. The van der Waals surface area contributed by atoms with E-state index >= 15 is 0 Å². The average Bonchev–Trinajstić information content (AvgIpc) is 3.81. The number of aliphatic hydroxyl groups is 1. The molecule has 8 rings (SSSR count). The summed E-state index contributed by atoms with van der Waals surface area (Å²) in [7, 11) is 0. The molecular formula is C36H34F2N10O2. The highest BCUT2D eigenvalue weighted by atomic mass is 19.1. The smallest absolute Gasteiger partial charge is 0.200 e. The van der Waals surface area contributed by atoms with Gasteiger partial charge in [-0.1, -0.05) is 52.0 Å². The van der Waals surface area contributed by atoms with Gasteiger partial charge in [0.05, 0.1) is 12.3 Å². The van der Waals surface area contributed by atoms with Crippen LogP contribution in [0.4, 0.5) is 8.78 Å². The van der Waals surface area contributed by atoms with Crippen LogP contribution in [-0.4, -0.2) is 61.8 Å². The van der Waals surface area contributed by atoms with E-state index in [2.05, 4.69) is 31.1 Å². The Morgan fingerprint density at radius 2 is 1.18 bits per heavy atom. The van der Waals surface area contributed by atoms with E-state index in [0.717, 1.165) is 56.6 Å². The van der Waals surface area contributed by atoms with Crippen molar-refractivity contribution < 1.29 is 18.7 Å². The molecule has 0 bridgehead atoms. The summed E-state index contributed by atoms with van der Waals surface area (Å²) >= 11 is 0. The molecule has 0 fully saturated rings. The van der Waals surface area contributed by atoms with Gasteiger partial charge < -0.3 is 5.11 Å². The standard InChI is InChI=1S/C18H18FN5O.C18H16FN5O/c2*1-10(2)16-14(9-25)15(11-3-5-12(19)6-4-11)13-7-8-24-18(17(13)20-16)21-22-23-24/h3-6,10,25H,7-9H2,1-2H3;3-6,9-10H,7-8H2,1-2H3. The molecule has 0 saturated carbocycles. The Bertz CT molecular complexity index is 2210. The highest BCUT2D eigenvalue weighted by Gasteiger charge is 2.30. The second-order valence-electron chi connectivity index (χ2n) is 12.8. The van der Waals surface area contributed by atoms with Gasteiger partial charge in [0.1, 0.15) is 23.0 Å². The number of aromatic nitrogens is 10. The van der Waals surface area contributed by atoms with E-state index in [0.29, 0.717) is 54.5 Å². The average molecular weight is 677 g/mol. The van der Waals surface area contributed by atoms with Crippen LogP contribution in [-0.2, 0) is 32.5 Å². The highest BCUT2D eigenvalue weighted by Crippen LogP contribution is 2.40. The van der Waals surface area contributed by atoms with Gasteiger partial charge in [0.25, 0.3) is 0 Å². The first-order chi connectivity index (χ1) is 24.2. The third-order valence-electron chi connectivity index (χ3n) is 9.07. The Morgan fingerprint density at radius 1 is 0.720 bits per heavy atom. The van der Waals surface area contributed by atoms with Crippen LogP contribution in [0.15, 0.2) is 48.5 Å². The Hall–Kier alpha value is -5.63. The second-order valence-corrected chi connectivity index (χ2v) is 12.8. The molecule has 2 aliphatic heterocycles. The third kappa shape index (κ3) is 5.74. The Kier molecular flexibility index (Phi) is 8.78. The van der Waals surface area contributed by atoms with E-state index in [-0.39, 0.29) is 30.1 Å². The monoisotopic (exact) mass is 676 g/mol. The Balaban J connectivity index is 0.000000157. The van der Waals surface area contributed by atoms with Crippen molar-refractivity contribution in [3.8, 4) is 45.3 Å². The molecule has 0 saturated heterocycles. The second kappa shape index (κ2) is 13.3. The molecule has 14 heteroatoms. The lowest BCUT2D eigenvalue weighted by Crippen LogP contribution is -2.18. The van der Waals surface area contributed by atoms with Crippen molar-refractivity contribution in [3.05, 3.63) is 93.8 Å². The number of halogens is 2. The zero-order valence-corrected chi connectivity index (χ0v) is 28.0. The minimum atomic E-state index is -0.313. The largest absolute Gasteiger partial charge is 0.392 e. The lowest BCUT2D eigenvalue weighted by atomic mass is 9.87. The first-order valence-electron chi connectivity index (χ1n) is 16.4. The molecule has 1 N–H and O–H groups in total. The van der Waals surface area contributed by atoms with E-state index < -0.39 is 0 Å².